The van der Waals surface area contributed by atoms with Gasteiger partial charge in [-0.1, -0.05) is 11.8 Å². The highest BCUT2D eigenvalue weighted by Gasteiger charge is 2.06. The van der Waals surface area contributed by atoms with Crippen LogP contribution in [0.3, 0.4) is 0 Å². The van der Waals surface area contributed by atoms with E-state index in [0.29, 0.717) is 0 Å². The van der Waals surface area contributed by atoms with Crippen LogP contribution >= 0.6 is 11.8 Å². The molecule has 0 aliphatic rings. The van der Waals surface area contributed by atoms with Crippen LogP contribution in [0.1, 0.15) is 0 Å². The van der Waals surface area contributed by atoms with Crippen molar-refractivity contribution in [3.63, 3.8) is 0 Å². The van der Waals surface area contributed by atoms with Crippen molar-refractivity contribution in [1.82, 2.24) is 15.0 Å². The fourth-order valence-corrected chi connectivity index (χ4v) is 2.51. The van der Waals surface area contributed by atoms with Crippen LogP contribution in [-0.4, -0.2) is 15.0 Å². The Morgan fingerprint density at radius 3 is 2.78 bits per heavy atom. The third-order valence-corrected chi connectivity index (χ3v) is 3.58. The molecule has 4 nitrogen and oxygen atoms in total. The number of nitrogen functional groups attached to an aromatic ring is 1. The summed E-state index contributed by atoms with van der Waals surface area (Å²) in [5, 5.41) is 1.84. The van der Waals surface area contributed by atoms with Crippen molar-refractivity contribution < 1.29 is 0 Å². The summed E-state index contributed by atoms with van der Waals surface area (Å²) in [4.78, 5) is 13.3. The highest BCUT2D eigenvalue weighted by atomic mass is 32.2. The molecule has 18 heavy (non-hydrogen) atoms. The van der Waals surface area contributed by atoms with Gasteiger partial charge in [-0.05, 0) is 30.3 Å². The van der Waals surface area contributed by atoms with Gasteiger partial charge in [-0.2, -0.15) is 0 Å². The fourth-order valence-electron chi connectivity index (χ4n) is 1.70. The Morgan fingerprint density at radius 2 is 1.94 bits per heavy atom. The summed E-state index contributed by atoms with van der Waals surface area (Å²) in [6, 6.07) is 9.66. The number of fused-ring (bicyclic) bond motifs is 1. The zero-order valence-electron chi connectivity index (χ0n) is 9.45. The molecule has 0 radical (unpaired) electrons. The molecule has 2 aromatic heterocycles. The van der Waals surface area contributed by atoms with E-state index < -0.39 is 0 Å². The number of nitrogens with two attached hydrogens (primary N) is 1. The van der Waals surface area contributed by atoms with Crippen LogP contribution in [0.25, 0.3) is 10.9 Å². The first-order valence-corrected chi connectivity index (χ1v) is 6.23. The van der Waals surface area contributed by atoms with E-state index in [1.54, 1.807) is 12.4 Å². The molecule has 0 saturated carbocycles. The van der Waals surface area contributed by atoms with Gasteiger partial charge in [0.25, 0.3) is 0 Å². The van der Waals surface area contributed by atoms with E-state index in [-0.39, 0.29) is 0 Å². The van der Waals surface area contributed by atoms with Crippen molar-refractivity contribution >= 4 is 28.4 Å². The Labute approximate surface area is 108 Å². The third-order valence-electron chi connectivity index (χ3n) is 2.56. The lowest BCUT2D eigenvalue weighted by atomic mass is 10.2. The average Bonchev–Trinajstić information content (AvgIpc) is 2.43. The summed E-state index contributed by atoms with van der Waals surface area (Å²) >= 11 is 1.53. The molecular weight excluding hydrogens is 244 g/mol. The molecule has 0 atom stereocenters. The molecule has 0 spiro atoms. The van der Waals surface area contributed by atoms with E-state index in [1.807, 2.05) is 30.3 Å². The molecule has 2 heterocycles. The van der Waals surface area contributed by atoms with Crippen LogP contribution < -0.4 is 5.73 Å². The number of pyridine rings is 1. The number of benzene rings is 1. The minimum Gasteiger partial charge on any atom is -0.397 e. The second-order valence-corrected chi connectivity index (χ2v) is 4.76. The minimum atomic E-state index is 0.740. The van der Waals surface area contributed by atoms with Crippen LogP contribution in [0.15, 0.2) is 59.0 Å². The molecule has 0 bridgehead atoms. The van der Waals surface area contributed by atoms with Crippen molar-refractivity contribution in [3.8, 4) is 0 Å². The Kier molecular flexibility index (Phi) is 2.82. The van der Waals surface area contributed by atoms with Gasteiger partial charge < -0.3 is 5.73 Å². The Hall–Kier alpha value is -2.14. The van der Waals surface area contributed by atoms with E-state index in [1.165, 1.54) is 18.1 Å². The predicted molar refractivity (Wildman–Crippen MR) is 72.3 cm³/mol. The minimum absolute atomic E-state index is 0.740. The molecule has 0 aliphatic carbocycles. The number of aromatic nitrogens is 3. The fraction of sp³-hybridized carbons (Fsp3) is 0. The first-order valence-electron chi connectivity index (χ1n) is 5.41. The first kappa shape index (κ1) is 11.0. The molecule has 0 unspecified atom stereocenters. The number of nitrogens with zero attached hydrogens (tertiary/aromatic N) is 3. The standard InChI is InChI=1S/C13H10N4S/c14-13-9-2-1-6-16-10(9)3-4-11(13)18-12-5-7-15-8-17-12/h1-8H,14H2. The highest BCUT2D eigenvalue weighted by molar-refractivity contribution is 7.99. The lowest BCUT2D eigenvalue weighted by Crippen LogP contribution is -1.92. The summed E-state index contributed by atoms with van der Waals surface area (Å²) in [6.07, 6.45) is 5.01. The molecule has 5 heteroatoms. The van der Waals surface area contributed by atoms with Gasteiger partial charge >= 0.3 is 0 Å². The molecule has 0 amide bonds. The summed E-state index contributed by atoms with van der Waals surface area (Å²) in [7, 11) is 0. The van der Waals surface area contributed by atoms with Gasteiger partial charge in [-0.3, -0.25) is 4.98 Å². The van der Waals surface area contributed by atoms with Crippen LogP contribution in [-0.2, 0) is 0 Å². The second-order valence-electron chi connectivity index (χ2n) is 3.70. The van der Waals surface area contributed by atoms with Crippen LogP contribution in [0, 0.1) is 0 Å². The molecule has 0 fully saturated rings. The van der Waals surface area contributed by atoms with E-state index in [0.717, 1.165) is 26.5 Å². The van der Waals surface area contributed by atoms with E-state index in [2.05, 4.69) is 15.0 Å². The summed E-state index contributed by atoms with van der Waals surface area (Å²) in [5.41, 5.74) is 7.81. The highest BCUT2D eigenvalue weighted by Crippen LogP contribution is 2.34. The molecule has 88 valence electrons. The lowest BCUT2D eigenvalue weighted by Gasteiger charge is -2.07. The second kappa shape index (κ2) is 4.62. The summed E-state index contributed by atoms with van der Waals surface area (Å²) in [5.74, 6) is 0. The molecule has 1 aromatic carbocycles. The van der Waals surface area contributed by atoms with Gasteiger partial charge in [0.2, 0.25) is 0 Å². The van der Waals surface area contributed by atoms with E-state index in [9.17, 15) is 0 Å². The van der Waals surface area contributed by atoms with E-state index in [4.69, 9.17) is 5.73 Å². The average molecular weight is 254 g/mol. The molecule has 0 saturated heterocycles. The Balaban J connectivity index is 2.05. The largest absolute Gasteiger partial charge is 0.397 e. The topological polar surface area (TPSA) is 64.7 Å². The quantitative estimate of drug-likeness (QED) is 0.562. The number of hydrogen-bond acceptors (Lipinski definition) is 5. The van der Waals surface area contributed by atoms with Crippen LogP contribution in [0.5, 0.6) is 0 Å². The van der Waals surface area contributed by atoms with Crippen LogP contribution in [0.2, 0.25) is 0 Å². The van der Waals surface area contributed by atoms with Crippen molar-refractivity contribution in [2.75, 3.05) is 5.73 Å². The Bertz CT molecular complexity index is 685. The van der Waals surface area contributed by atoms with Gasteiger partial charge in [0, 0.05) is 22.7 Å². The zero-order chi connectivity index (χ0) is 12.4. The Morgan fingerprint density at radius 1 is 1.00 bits per heavy atom. The van der Waals surface area contributed by atoms with Crippen molar-refractivity contribution in [2.45, 2.75) is 9.92 Å². The summed E-state index contributed by atoms with van der Waals surface area (Å²) < 4.78 is 0. The first-order chi connectivity index (χ1) is 8.84. The van der Waals surface area contributed by atoms with Gasteiger partial charge in [0.1, 0.15) is 11.4 Å². The van der Waals surface area contributed by atoms with Crippen LogP contribution in [0.4, 0.5) is 5.69 Å². The van der Waals surface area contributed by atoms with Crippen molar-refractivity contribution in [1.29, 1.82) is 0 Å². The zero-order valence-corrected chi connectivity index (χ0v) is 10.3. The van der Waals surface area contributed by atoms with Gasteiger partial charge in [-0.25, -0.2) is 9.97 Å². The number of hydrogen-bond donors (Lipinski definition) is 1. The normalized spacial score (nSPS) is 10.7. The van der Waals surface area contributed by atoms with Gasteiger partial charge in [0.15, 0.2) is 0 Å². The monoisotopic (exact) mass is 254 g/mol. The van der Waals surface area contributed by atoms with Crippen molar-refractivity contribution in [2.24, 2.45) is 0 Å². The smallest absolute Gasteiger partial charge is 0.116 e. The molecule has 3 aromatic rings. The predicted octanol–water partition coefficient (Wildman–Crippen LogP) is 2.76. The molecule has 0 aliphatic heterocycles. The maximum absolute atomic E-state index is 6.16. The lowest BCUT2D eigenvalue weighted by molar-refractivity contribution is 1.05. The molecule has 3 rings (SSSR count). The van der Waals surface area contributed by atoms with Crippen molar-refractivity contribution in [3.05, 3.63) is 49.1 Å². The van der Waals surface area contributed by atoms with Gasteiger partial charge in [-0.15, -0.1) is 0 Å². The summed E-state index contributed by atoms with van der Waals surface area (Å²) in [6.45, 7) is 0. The van der Waals surface area contributed by atoms with E-state index >= 15 is 0 Å². The van der Waals surface area contributed by atoms with Gasteiger partial charge in [0.05, 0.1) is 11.2 Å². The molecular formula is C13H10N4S. The maximum Gasteiger partial charge on any atom is 0.116 e. The SMILES string of the molecule is Nc1c(Sc2ccncn2)ccc2ncccc12. The number of anilines is 1. The third kappa shape index (κ3) is 2.00. The number of rotatable bonds is 2. The maximum atomic E-state index is 6.16. The molecule has 2 N–H and O–H groups in total.